The van der Waals surface area contributed by atoms with Gasteiger partial charge in [0.25, 0.3) is 0 Å². The van der Waals surface area contributed by atoms with Crippen molar-refractivity contribution in [2.24, 2.45) is 0 Å². The Labute approximate surface area is 156 Å². The topological polar surface area (TPSA) is 68.2 Å². The van der Waals surface area contributed by atoms with E-state index in [2.05, 4.69) is 15.0 Å². The standard InChI is InChI=1S/C21H18N4O2/c1-2-5-15(6-3-1)21-22-12-16-13-25(9-8-18(16)23-21)14-17-11-20(27-24-17)19-7-4-10-26-19/h1-7,10-12H,8-9,13-14H2. The quantitative estimate of drug-likeness (QED) is 0.550. The molecule has 0 amide bonds. The lowest BCUT2D eigenvalue weighted by atomic mass is 10.1. The summed E-state index contributed by atoms with van der Waals surface area (Å²) in [5.74, 6) is 2.14. The zero-order chi connectivity index (χ0) is 18.1. The van der Waals surface area contributed by atoms with Crippen molar-refractivity contribution in [3.8, 4) is 22.9 Å². The van der Waals surface area contributed by atoms with E-state index >= 15 is 0 Å². The highest BCUT2D eigenvalue weighted by molar-refractivity contribution is 5.54. The van der Waals surface area contributed by atoms with Crippen molar-refractivity contribution >= 4 is 0 Å². The molecule has 0 fully saturated rings. The summed E-state index contributed by atoms with van der Waals surface area (Å²) in [6.07, 6.45) is 4.48. The molecular formula is C21H18N4O2. The molecule has 1 aliphatic heterocycles. The molecule has 4 heterocycles. The first kappa shape index (κ1) is 16.0. The summed E-state index contributed by atoms with van der Waals surface area (Å²) in [6.45, 7) is 2.47. The summed E-state index contributed by atoms with van der Waals surface area (Å²) in [5, 5.41) is 4.17. The lowest BCUT2D eigenvalue weighted by Crippen LogP contribution is -2.31. The molecule has 0 radical (unpaired) electrons. The Morgan fingerprint density at radius 2 is 1.96 bits per heavy atom. The van der Waals surface area contributed by atoms with E-state index in [0.29, 0.717) is 11.5 Å². The number of aromatic nitrogens is 3. The normalized spacial score (nSPS) is 14.2. The van der Waals surface area contributed by atoms with Crippen LogP contribution < -0.4 is 0 Å². The molecule has 0 saturated heterocycles. The van der Waals surface area contributed by atoms with Gasteiger partial charge >= 0.3 is 0 Å². The summed E-state index contributed by atoms with van der Waals surface area (Å²) in [6, 6.07) is 15.7. The first-order chi connectivity index (χ1) is 13.3. The number of hydrogen-bond donors (Lipinski definition) is 0. The first-order valence-electron chi connectivity index (χ1n) is 8.97. The van der Waals surface area contributed by atoms with Crippen LogP contribution >= 0.6 is 0 Å². The van der Waals surface area contributed by atoms with Crippen molar-refractivity contribution in [1.29, 1.82) is 0 Å². The smallest absolute Gasteiger partial charge is 0.202 e. The van der Waals surface area contributed by atoms with Crippen molar-refractivity contribution < 1.29 is 8.94 Å². The second-order valence-electron chi connectivity index (χ2n) is 6.65. The zero-order valence-electron chi connectivity index (χ0n) is 14.7. The predicted octanol–water partition coefficient (Wildman–Crippen LogP) is 3.95. The minimum absolute atomic E-state index is 0.656. The van der Waals surface area contributed by atoms with Crippen molar-refractivity contribution in [3.63, 3.8) is 0 Å². The number of rotatable bonds is 4. The predicted molar refractivity (Wildman–Crippen MR) is 99.5 cm³/mol. The maximum atomic E-state index is 5.39. The average molecular weight is 358 g/mol. The maximum absolute atomic E-state index is 5.39. The van der Waals surface area contributed by atoms with Crippen LogP contribution in [-0.4, -0.2) is 26.6 Å². The zero-order valence-corrected chi connectivity index (χ0v) is 14.7. The summed E-state index contributed by atoms with van der Waals surface area (Å²) >= 11 is 0. The number of fused-ring (bicyclic) bond motifs is 1. The molecule has 0 bridgehead atoms. The lowest BCUT2D eigenvalue weighted by molar-refractivity contribution is 0.235. The first-order valence-corrected chi connectivity index (χ1v) is 8.97. The molecule has 0 N–H and O–H groups in total. The molecule has 6 heteroatoms. The fourth-order valence-electron chi connectivity index (χ4n) is 3.39. The Kier molecular flexibility index (Phi) is 4.03. The fraction of sp³-hybridized carbons (Fsp3) is 0.190. The number of benzene rings is 1. The third-order valence-electron chi connectivity index (χ3n) is 4.75. The van der Waals surface area contributed by atoms with Gasteiger partial charge in [0, 0.05) is 49.4 Å². The fourth-order valence-corrected chi connectivity index (χ4v) is 3.39. The van der Waals surface area contributed by atoms with Gasteiger partial charge in [-0.25, -0.2) is 9.97 Å². The molecule has 5 rings (SSSR count). The monoisotopic (exact) mass is 358 g/mol. The van der Waals surface area contributed by atoms with Crippen molar-refractivity contribution in [2.75, 3.05) is 6.54 Å². The maximum Gasteiger partial charge on any atom is 0.202 e. The molecule has 0 atom stereocenters. The van der Waals surface area contributed by atoms with Gasteiger partial charge < -0.3 is 8.94 Å². The van der Waals surface area contributed by atoms with E-state index in [0.717, 1.165) is 48.8 Å². The van der Waals surface area contributed by atoms with Gasteiger partial charge in [-0.05, 0) is 12.1 Å². The Bertz CT molecular complexity index is 1040. The SMILES string of the molecule is c1ccc(-c2ncc3c(n2)CCN(Cc2cc(-c4ccco4)on2)C3)cc1. The molecule has 27 heavy (non-hydrogen) atoms. The van der Waals surface area contributed by atoms with Crippen LogP contribution in [0.5, 0.6) is 0 Å². The molecule has 1 aliphatic rings. The minimum atomic E-state index is 0.656. The van der Waals surface area contributed by atoms with Gasteiger partial charge in [-0.15, -0.1) is 0 Å². The van der Waals surface area contributed by atoms with Gasteiger partial charge in [-0.1, -0.05) is 35.5 Å². The van der Waals surface area contributed by atoms with Gasteiger partial charge in [0.1, 0.15) is 0 Å². The summed E-state index contributed by atoms with van der Waals surface area (Å²) < 4.78 is 10.7. The second kappa shape index (κ2) is 6.81. The van der Waals surface area contributed by atoms with Crippen LogP contribution in [0.15, 0.2) is 69.9 Å². The average Bonchev–Trinajstić information content (AvgIpc) is 3.40. The molecule has 134 valence electrons. The molecule has 3 aromatic heterocycles. The van der Waals surface area contributed by atoms with Crippen LogP contribution in [0.4, 0.5) is 0 Å². The van der Waals surface area contributed by atoms with Crippen molar-refractivity contribution in [3.05, 3.63) is 77.9 Å². The molecular weight excluding hydrogens is 340 g/mol. The van der Waals surface area contributed by atoms with E-state index in [9.17, 15) is 0 Å². The molecule has 0 saturated carbocycles. The van der Waals surface area contributed by atoms with Crippen LogP contribution in [-0.2, 0) is 19.5 Å². The Morgan fingerprint density at radius 1 is 1.04 bits per heavy atom. The summed E-state index contributed by atoms with van der Waals surface area (Å²) in [5.41, 5.74) is 4.26. The molecule has 0 aliphatic carbocycles. The Balaban J connectivity index is 1.30. The van der Waals surface area contributed by atoms with E-state index in [1.54, 1.807) is 6.26 Å². The van der Waals surface area contributed by atoms with Gasteiger partial charge in [0.2, 0.25) is 5.76 Å². The van der Waals surface area contributed by atoms with Gasteiger partial charge in [0.05, 0.1) is 17.7 Å². The largest absolute Gasteiger partial charge is 0.461 e. The molecule has 0 unspecified atom stereocenters. The van der Waals surface area contributed by atoms with Crippen LogP contribution in [0.1, 0.15) is 17.0 Å². The van der Waals surface area contributed by atoms with E-state index in [-0.39, 0.29) is 0 Å². The molecule has 4 aromatic rings. The van der Waals surface area contributed by atoms with E-state index in [1.165, 1.54) is 5.56 Å². The summed E-state index contributed by atoms with van der Waals surface area (Å²) in [4.78, 5) is 11.7. The van der Waals surface area contributed by atoms with Crippen LogP contribution in [0, 0.1) is 0 Å². The van der Waals surface area contributed by atoms with E-state index in [4.69, 9.17) is 13.9 Å². The van der Waals surface area contributed by atoms with Crippen LogP contribution in [0.2, 0.25) is 0 Å². The molecule has 6 nitrogen and oxygen atoms in total. The molecule has 1 aromatic carbocycles. The van der Waals surface area contributed by atoms with Crippen LogP contribution in [0.25, 0.3) is 22.9 Å². The van der Waals surface area contributed by atoms with Crippen LogP contribution in [0.3, 0.4) is 0 Å². The molecule has 0 spiro atoms. The van der Waals surface area contributed by atoms with Gasteiger partial charge in [-0.3, -0.25) is 4.90 Å². The van der Waals surface area contributed by atoms with E-state index < -0.39 is 0 Å². The second-order valence-corrected chi connectivity index (χ2v) is 6.65. The lowest BCUT2D eigenvalue weighted by Gasteiger charge is -2.27. The third kappa shape index (κ3) is 3.27. The highest BCUT2D eigenvalue weighted by Gasteiger charge is 2.20. The Morgan fingerprint density at radius 3 is 2.81 bits per heavy atom. The highest BCUT2D eigenvalue weighted by atomic mass is 16.5. The summed E-state index contributed by atoms with van der Waals surface area (Å²) in [7, 11) is 0. The van der Waals surface area contributed by atoms with Gasteiger partial charge in [-0.2, -0.15) is 0 Å². The third-order valence-corrected chi connectivity index (χ3v) is 4.75. The number of hydrogen-bond acceptors (Lipinski definition) is 6. The number of nitrogens with zero attached hydrogens (tertiary/aromatic N) is 4. The van der Waals surface area contributed by atoms with Crippen molar-refractivity contribution in [1.82, 2.24) is 20.0 Å². The van der Waals surface area contributed by atoms with Gasteiger partial charge in [0.15, 0.2) is 11.6 Å². The van der Waals surface area contributed by atoms with Crippen molar-refractivity contribution in [2.45, 2.75) is 19.5 Å². The minimum Gasteiger partial charge on any atom is -0.461 e. The number of furan rings is 1. The highest BCUT2D eigenvalue weighted by Crippen LogP contribution is 2.24. The Hall–Kier alpha value is -3.25. The van der Waals surface area contributed by atoms with E-state index in [1.807, 2.05) is 54.7 Å².